The van der Waals surface area contributed by atoms with Crippen LogP contribution in [0.5, 0.6) is 5.88 Å². The first kappa shape index (κ1) is 17.3. The molecule has 1 aromatic carbocycles. The number of rotatable bonds is 3. The number of hydrogen-bond acceptors (Lipinski definition) is 4. The molecule has 0 atom stereocenters. The van der Waals surface area contributed by atoms with E-state index in [1.165, 1.54) is 0 Å². The minimum Gasteiger partial charge on any atom is -0.474 e. The number of carbonyl (C=O) groups is 1. The highest BCUT2D eigenvalue weighted by Gasteiger charge is 2.28. The number of pyridine rings is 1. The Morgan fingerprint density at radius 1 is 1.24 bits per heavy atom. The zero-order valence-electron chi connectivity index (χ0n) is 15.5. The van der Waals surface area contributed by atoms with Gasteiger partial charge in [-0.1, -0.05) is 11.6 Å². The van der Waals surface area contributed by atoms with Crippen molar-refractivity contribution in [2.75, 3.05) is 30.0 Å². The number of amides is 1. The molecule has 0 radical (unpaired) electrons. The molecule has 0 unspecified atom stereocenters. The summed E-state index contributed by atoms with van der Waals surface area (Å²) >= 11 is 0. The molecule has 3 rings (SSSR count). The third-order valence-corrected chi connectivity index (χ3v) is 4.61. The lowest BCUT2D eigenvalue weighted by Gasteiger charge is -2.31. The summed E-state index contributed by atoms with van der Waals surface area (Å²) < 4.78 is 5.64. The fourth-order valence-corrected chi connectivity index (χ4v) is 2.95. The van der Waals surface area contributed by atoms with Crippen LogP contribution >= 0.6 is 0 Å². The molecule has 5 nitrogen and oxygen atoms in total. The van der Waals surface area contributed by atoms with E-state index >= 15 is 0 Å². The molecule has 2 aromatic rings. The summed E-state index contributed by atoms with van der Waals surface area (Å²) in [6, 6.07) is 10.2. The van der Waals surface area contributed by atoms with Gasteiger partial charge in [0.1, 0.15) is 12.3 Å². The molecule has 1 aliphatic rings. The van der Waals surface area contributed by atoms with Gasteiger partial charge in [-0.05, 0) is 52.0 Å². The lowest BCUT2D eigenvalue weighted by molar-refractivity contribution is 0.0976. The van der Waals surface area contributed by atoms with Gasteiger partial charge in [0, 0.05) is 24.5 Å². The predicted octanol–water partition coefficient (Wildman–Crippen LogP) is 3.58. The summed E-state index contributed by atoms with van der Waals surface area (Å²) in [6.45, 7) is 9.14. The maximum absolute atomic E-state index is 13.4. The molecule has 0 fully saturated rings. The predicted molar refractivity (Wildman–Crippen MR) is 101 cm³/mol. The second-order valence-electron chi connectivity index (χ2n) is 6.81. The number of fused-ring (bicyclic) bond motifs is 1. The molecular weight excluding hydrogens is 314 g/mol. The van der Waals surface area contributed by atoms with Crippen molar-refractivity contribution in [3.63, 3.8) is 0 Å². The minimum absolute atomic E-state index is 0.0126. The lowest BCUT2D eigenvalue weighted by atomic mass is 10.1. The van der Waals surface area contributed by atoms with Crippen molar-refractivity contribution in [3.8, 4) is 5.88 Å². The quantitative estimate of drug-likeness (QED) is 0.857. The number of hydrogen-bond donors (Lipinski definition) is 0. The molecule has 1 amide bonds. The summed E-state index contributed by atoms with van der Waals surface area (Å²) in [5, 5.41) is 0. The zero-order chi connectivity index (χ0) is 18.1. The number of anilines is 2. The summed E-state index contributed by atoms with van der Waals surface area (Å²) in [5.74, 6) is 0.521. The molecule has 0 bridgehead atoms. The van der Waals surface area contributed by atoms with Gasteiger partial charge >= 0.3 is 0 Å². The van der Waals surface area contributed by atoms with Crippen LogP contribution in [-0.4, -0.2) is 37.1 Å². The second-order valence-corrected chi connectivity index (χ2v) is 6.81. The monoisotopic (exact) mass is 339 g/mol. The Hall–Kier alpha value is -2.56. The van der Waals surface area contributed by atoms with Crippen molar-refractivity contribution in [1.29, 1.82) is 0 Å². The first-order valence-corrected chi connectivity index (χ1v) is 8.64. The van der Waals surface area contributed by atoms with E-state index in [0.717, 1.165) is 22.6 Å². The van der Waals surface area contributed by atoms with E-state index in [-0.39, 0.29) is 5.91 Å². The van der Waals surface area contributed by atoms with E-state index in [1.807, 2.05) is 51.2 Å². The van der Waals surface area contributed by atoms with E-state index in [0.29, 0.717) is 30.6 Å². The molecule has 5 heteroatoms. The van der Waals surface area contributed by atoms with Gasteiger partial charge in [-0.2, -0.15) is 0 Å². The van der Waals surface area contributed by atoms with Gasteiger partial charge in [-0.25, -0.2) is 4.98 Å². The van der Waals surface area contributed by atoms with E-state index in [4.69, 9.17) is 4.74 Å². The van der Waals surface area contributed by atoms with Gasteiger partial charge in [-0.15, -0.1) is 0 Å². The second kappa shape index (κ2) is 6.75. The van der Waals surface area contributed by atoms with Crippen molar-refractivity contribution in [2.24, 2.45) is 0 Å². The van der Waals surface area contributed by atoms with E-state index < -0.39 is 0 Å². The minimum atomic E-state index is -0.0126. The van der Waals surface area contributed by atoms with Gasteiger partial charge < -0.3 is 9.64 Å². The first-order valence-electron chi connectivity index (χ1n) is 8.64. The zero-order valence-corrected chi connectivity index (χ0v) is 15.5. The number of ether oxygens (including phenoxy) is 1. The molecule has 0 saturated heterocycles. The molecule has 0 N–H and O–H groups in total. The molecule has 132 valence electrons. The smallest absolute Gasteiger partial charge is 0.260 e. The lowest BCUT2D eigenvalue weighted by Crippen LogP contribution is -2.39. The number of carbonyl (C=O) groups excluding carboxylic acids is 1. The Morgan fingerprint density at radius 3 is 2.72 bits per heavy atom. The highest BCUT2D eigenvalue weighted by atomic mass is 16.5. The van der Waals surface area contributed by atoms with Crippen LogP contribution in [0.3, 0.4) is 0 Å². The Balaban J connectivity index is 2.04. The van der Waals surface area contributed by atoms with Crippen molar-refractivity contribution < 1.29 is 9.53 Å². The standard InChI is InChI=1S/C20H25N3O2/c1-13(2)22(5)17-8-6-14(3)12-16(17)20(24)23-10-11-25-19-18(23)9-7-15(4)21-19/h6-9,12-13H,10-11H2,1-5H3. The average Bonchev–Trinajstić information content (AvgIpc) is 2.59. The molecule has 25 heavy (non-hydrogen) atoms. The molecule has 1 aromatic heterocycles. The van der Waals surface area contributed by atoms with Gasteiger partial charge in [0.2, 0.25) is 5.88 Å². The van der Waals surface area contributed by atoms with Crippen LogP contribution in [0.4, 0.5) is 11.4 Å². The summed E-state index contributed by atoms with van der Waals surface area (Å²) in [6.07, 6.45) is 0. The van der Waals surface area contributed by atoms with E-state index in [2.05, 4.69) is 23.7 Å². The molecule has 1 aliphatic heterocycles. The van der Waals surface area contributed by atoms with Crippen molar-refractivity contribution in [3.05, 3.63) is 47.2 Å². The van der Waals surface area contributed by atoms with Gasteiger partial charge in [0.05, 0.1) is 12.1 Å². The van der Waals surface area contributed by atoms with Crippen LogP contribution in [0.25, 0.3) is 0 Å². The van der Waals surface area contributed by atoms with Crippen molar-refractivity contribution >= 4 is 17.3 Å². The van der Waals surface area contributed by atoms with Crippen LogP contribution < -0.4 is 14.5 Å². The number of benzene rings is 1. The Morgan fingerprint density at radius 2 is 2.00 bits per heavy atom. The number of aryl methyl sites for hydroxylation is 2. The Kier molecular flexibility index (Phi) is 4.66. The summed E-state index contributed by atoms with van der Waals surface area (Å²) in [7, 11) is 2.02. The number of aromatic nitrogens is 1. The SMILES string of the molecule is Cc1ccc(N(C)C(C)C)c(C(=O)N2CCOc3nc(C)ccc32)c1. The Labute approximate surface area is 149 Å². The number of nitrogens with zero attached hydrogens (tertiary/aromatic N) is 3. The first-order chi connectivity index (χ1) is 11.9. The van der Waals surface area contributed by atoms with E-state index in [9.17, 15) is 4.79 Å². The molecule has 0 saturated carbocycles. The third-order valence-electron chi connectivity index (χ3n) is 4.61. The topological polar surface area (TPSA) is 45.7 Å². The maximum Gasteiger partial charge on any atom is 0.260 e. The van der Waals surface area contributed by atoms with Crippen LogP contribution in [0, 0.1) is 13.8 Å². The maximum atomic E-state index is 13.4. The summed E-state index contributed by atoms with van der Waals surface area (Å²) in [4.78, 5) is 21.7. The van der Waals surface area contributed by atoms with Crippen LogP contribution in [-0.2, 0) is 0 Å². The molecule has 0 spiro atoms. The average molecular weight is 339 g/mol. The summed E-state index contributed by atoms with van der Waals surface area (Å²) in [5.41, 5.74) is 4.34. The Bertz CT molecular complexity index is 802. The van der Waals surface area contributed by atoms with Gasteiger partial charge in [0.15, 0.2) is 0 Å². The van der Waals surface area contributed by atoms with Crippen LogP contribution in [0.2, 0.25) is 0 Å². The largest absolute Gasteiger partial charge is 0.474 e. The molecule has 0 aliphatic carbocycles. The van der Waals surface area contributed by atoms with Crippen LogP contribution in [0.15, 0.2) is 30.3 Å². The highest BCUT2D eigenvalue weighted by molar-refractivity contribution is 6.10. The van der Waals surface area contributed by atoms with Crippen molar-refractivity contribution in [1.82, 2.24) is 4.98 Å². The van der Waals surface area contributed by atoms with Crippen LogP contribution in [0.1, 0.15) is 35.5 Å². The fourth-order valence-electron chi connectivity index (χ4n) is 2.95. The normalized spacial score (nSPS) is 13.4. The fraction of sp³-hybridized carbons (Fsp3) is 0.400. The van der Waals surface area contributed by atoms with Gasteiger partial charge in [-0.3, -0.25) is 9.69 Å². The highest BCUT2D eigenvalue weighted by Crippen LogP contribution is 2.33. The molecule has 2 heterocycles. The van der Waals surface area contributed by atoms with Crippen molar-refractivity contribution in [2.45, 2.75) is 33.7 Å². The van der Waals surface area contributed by atoms with Gasteiger partial charge in [0.25, 0.3) is 5.91 Å². The molecular formula is C20H25N3O2. The third kappa shape index (κ3) is 3.31. The van der Waals surface area contributed by atoms with E-state index in [1.54, 1.807) is 4.90 Å².